The topological polar surface area (TPSA) is 52.9 Å². The highest BCUT2D eigenvalue weighted by atomic mass is 79.9. The third-order valence-corrected chi connectivity index (χ3v) is 5.39. The van der Waals surface area contributed by atoms with Crippen LogP contribution in [0, 0.1) is 24.1 Å². The Hall–Kier alpha value is -2.94. The van der Waals surface area contributed by atoms with Gasteiger partial charge in [0.2, 0.25) is 0 Å². The summed E-state index contributed by atoms with van der Waals surface area (Å²) in [6.07, 6.45) is 2.00. The number of rotatable bonds is 5. The Morgan fingerprint density at radius 3 is 2.70 bits per heavy atom. The Kier molecular flexibility index (Phi) is 7.04. The molecule has 150 valence electrons. The molecule has 1 N–H and O–H groups in total. The quantitative estimate of drug-likeness (QED) is 0.325. The number of hydrogen-bond acceptors (Lipinski definition) is 2. The molecule has 0 unspecified atom stereocenters. The lowest BCUT2D eigenvalue weighted by Gasteiger charge is -2.09. The van der Waals surface area contributed by atoms with Crippen LogP contribution in [0.2, 0.25) is 5.02 Å². The highest BCUT2D eigenvalue weighted by Gasteiger charge is 2.12. The summed E-state index contributed by atoms with van der Waals surface area (Å²) in [7, 11) is 0. The molecular formula is C24H17BrClFN2O. The first-order chi connectivity index (χ1) is 14.4. The van der Waals surface area contributed by atoms with Gasteiger partial charge in [-0.2, -0.15) is 5.26 Å². The Morgan fingerprint density at radius 1 is 1.20 bits per heavy atom. The summed E-state index contributed by atoms with van der Waals surface area (Å²) < 4.78 is 14.3. The van der Waals surface area contributed by atoms with Crippen LogP contribution in [0.15, 0.2) is 70.7 Å². The maximum absolute atomic E-state index is 13.5. The fraction of sp³-hybridized carbons (Fsp3) is 0.0833. The van der Waals surface area contributed by atoms with E-state index in [4.69, 9.17) is 11.6 Å². The van der Waals surface area contributed by atoms with E-state index in [1.54, 1.807) is 24.3 Å². The second kappa shape index (κ2) is 9.71. The molecule has 0 saturated heterocycles. The van der Waals surface area contributed by atoms with E-state index in [1.807, 2.05) is 37.3 Å². The fourth-order valence-electron chi connectivity index (χ4n) is 2.90. The molecule has 3 nitrogen and oxygen atoms in total. The van der Waals surface area contributed by atoms with E-state index in [2.05, 4.69) is 21.2 Å². The summed E-state index contributed by atoms with van der Waals surface area (Å²) in [5, 5.41) is 12.8. The predicted octanol–water partition coefficient (Wildman–Crippen LogP) is 6.69. The SMILES string of the molecule is Cc1ccc(NC(=O)/C(C#N)=C/c2cc(Br)ccc2Cc2cccc(F)c2)cc1Cl. The van der Waals surface area contributed by atoms with E-state index < -0.39 is 5.91 Å². The summed E-state index contributed by atoms with van der Waals surface area (Å²) in [5.41, 5.74) is 3.70. The van der Waals surface area contributed by atoms with E-state index >= 15 is 0 Å². The van der Waals surface area contributed by atoms with Crippen molar-refractivity contribution < 1.29 is 9.18 Å². The van der Waals surface area contributed by atoms with Crippen molar-refractivity contribution in [2.45, 2.75) is 13.3 Å². The van der Waals surface area contributed by atoms with Gasteiger partial charge in [-0.25, -0.2) is 4.39 Å². The third-order valence-electron chi connectivity index (χ3n) is 4.49. The second-order valence-electron chi connectivity index (χ2n) is 6.74. The van der Waals surface area contributed by atoms with E-state index in [1.165, 1.54) is 18.2 Å². The number of anilines is 1. The van der Waals surface area contributed by atoms with Gasteiger partial charge >= 0.3 is 0 Å². The maximum Gasteiger partial charge on any atom is 0.266 e. The van der Waals surface area contributed by atoms with Gasteiger partial charge in [-0.1, -0.05) is 51.8 Å². The van der Waals surface area contributed by atoms with Crippen LogP contribution in [0.4, 0.5) is 10.1 Å². The molecule has 3 aromatic carbocycles. The van der Waals surface area contributed by atoms with Crippen LogP contribution in [0.3, 0.4) is 0 Å². The van der Waals surface area contributed by atoms with Gasteiger partial charge in [0.05, 0.1) is 0 Å². The molecule has 3 rings (SSSR count). The van der Waals surface area contributed by atoms with Crippen molar-refractivity contribution >= 4 is 45.2 Å². The summed E-state index contributed by atoms with van der Waals surface area (Å²) in [5.74, 6) is -0.843. The number of nitrogens with zero attached hydrogens (tertiary/aromatic N) is 1. The molecule has 0 atom stereocenters. The van der Waals surface area contributed by atoms with Crippen LogP contribution in [0.25, 0.3) is 6.08 Å². The zero-order chi connectivity index (χ0) is 21.7. The van der Waals surface area contributed by atoms with E-state index in [0.29, 0.717) is 22.7 Å². The van der Waals surface area contributed by atoms with E-state index in [9.17, 15) is 14.4 Å². The first-order valence-electron chi connectivity index (χ1n) is 9.08. The lowest BCUT2D eigenvalue weighted by atomic mass is 9.98. The average Bonchev–Trinajstić information content (AvgIpc) is 2.70. The van der Waals surface area contributed by atoms with Crippen molar-refractivity contribution in [2.75, 3.05) is 5.32 Å². The number of halogens is 3. The molecule has 0 heterocycles. The minimum absolute atomic E-state index is 0.0507. The highest BCUT2D eigenvalue weighted by Crippen LogP contribution is 2.24. The van der Waals surface area contributed by atoms with Crippen molar-refractivity contribution in [1.29, 1.82) is 5.26 Å². The highest BCUT2D eigenvalue weighted by molar-refractivity contribution is 9.10. The van der Waals surface area contributed by atoms with Crippen molar-refractivity contribution in [3.63, 3.8) is 0 Å². The monoisotopic (exact) mass is 482 g/mol. The number of aryl methyl sites for hydroxylation is 1. The number of nitrogens with one attached hydrogen (secondary N) is 1. The predicted molar refractivity (Wildman–Crippen MR) is 122 cm³/mol. The number of carbonyl (C=O) groups is 1. The summed E-state index contributed by atoms with van der Waals surface area (Å²) in [6, 6.07) is 19.0. The van der Waals surface area contributed by atoms with Gasteiger partial charge < -0.3 is 5.32 Å². The first kappa shape index (κ1) is 21.8. The second-order valence-corrected chi connectivity index (χ2v) is 8.06. The molecule has 0 spiro atoms. The van der Waals surface area contributed by atoms with Crippen molar-refractivity contribution in [1.82, 2.24) is 0 Å². The van der Waals surface area contributed by atoms with Gasteiger partial charge in [0.1, 0.15) is 17.5 Å². The van der Waals surface area contributed by atoms with Crippen LogP contribution in [0.1, 0.15) is 22.3 Å². The molecule has 0 saturated carbocycles. The Bertz CT molecular complexity index is 1180. The van der Waals surface area contributed by atoms with Crippen LogP contribution in [-0.4, -0.2) is 5.91 Å². The molecule has 0 fully saturated rings. The van der Waals surface area contributed by atoms with Gasteiger partial charge in [-0.3, -0.25) is 4.79 Å². The standard InChI is InChI=1S/C24H17BrClFN2O/c1-15-5-8-22(13-23(15)26)29-24(30)19(14-28)11-18-12-20(25)7-6-17(18)9-16-3-2-4-21(27)10-16/h2-8,10-13H,9H2,1H3,(H,29,30)/b19-11+. The molecule has 0 aliphatic carbocycles. The Labute approximate surface area is 187 Å². The largest absolute Gasteiger partial charge is 0.321 e. The molecule has 0 aliphatic heterocycles. The molecule has 0 aliphatic rings. The molecule has 1 amide bonds. The van der Waals surface area contributed by atoms with Gasteiger partial charge in [0, 0.05) is 15.2 Å². The molecule has 0 aromatic heterocycles. The smallest absolute Gasteiger partial charge is 0.266 e. The number of carbonyl (C=O) groups excluding carboxylic acids is 1. The van der Waals surface area contributed by atoms with Crippen molar-refractivity contribution in [3.8, 4) is 6.07 Å². The van der Waals surface area contributed by atoms with Crippen molar-refractivity contribution in [3.05, 3.63) is 104 Å². The molecule has 3 aromatic rings. The molecule has 30 heavy (non-hydrogen) atoms. The number of amides is 1. The van der Waals surface area contributed by atoms with Crippen LogP contribution < -0.4 is 5.32 Å². The lowest BCUT2D eigenvalue weighted by Crippen LogP contribution is -2.13. The minimum Gasteiger partial charge on any atom is -0.321 e. The van der Waals surface area contributed by atoms with Crippen LogP contribution in [-0.2, 0) is 11.2 Å². The van der Waals surface area contributed by atoms with E-state index in [-0.39, 0.29) is 11.4 Å². The van der Waals surface area contributed by atoms with Gasteiger partial charge in [-0.15, -0.1) is 0 Å². The van der Waals surface area contributed by atoms with Crippen LogP contribution in [0.5, 0.6) is 0 Å². The Balaban J connectivity index is 1.90. The lowest BCUT2D eigenvalue weighted by molar-refractivity contribution is -0.112. The summed E-state index contributed by atoms with van der Waals surface area (Å²) >= 11 is 9.53. The molecule has 0 bridgehead atoms. The van der Waals surface area contributed by atoms with Crippen molar-refractivity contribution in [2.24, 2.45) is 0 Å². The maximum atomic E-state index is 13.5. The number of benzene rings is 3. The van der Waals surface area contributed by atoms with Gasteiger partial charge in [0.15, 0.2) is 0 Å². The first-order valence-corrected chi connectivity index (χ1v) is 10.2. The Morgan fingerprint density at radius 2 is 2.00 bits per heavy atom. The summed E-state index contributed by atoms with van der Waals surface area (Å²) in [4.78, 5) is 12.6. The normalized spacial score (nSPS) is 11.1. The summed E-state index contributed by atoms with van der Waals surface area (Å²) in [6.45, 7) is 1.86. The number of nitriles is 1. The zero-order valence-corrected chi connectivity index (χ0v) is 18.4. The third kappa shape index (κ3) is 5.56. The zero-order valence-electron chi connectivity index (χ0n) is 16.0. The minimum atomic E-state index is -0.533. The van der Waals surface area contributed by atoms with E-state index in [0.717, 1.165) is 21.2 Å². The van der Waals surface area contributed by atoms with Gasteiger partial charge in [0.25, 0.3) is 5.91 Å². The van der Waals surface area contributed by atoms with Gasteiger partial charge in [-0.05, 0) is 78.1 Å². The molecular weight excluding hydrogens is 467 g/mol. The molecule has 0 radical (unpaired) electrons. The fourth-order valence-corrected chi connectivity index (χ4v) is 3.46. The van der Waals surface area contributed by atoms with Crippen LogP contribution >= 0.6 is 27.5 Å². The number of hydrogen-bond donors (Lipinski definition) is 1. The molecule has 6 heteroatoms. The average molecular weight is 484 g/mol.